The third-order valence-corrected chi connectivity index (χ3v) is 5.26. The van der Waals surface area contributed by atoms with Gasteiger partial charge in [0, 0.05) is 32.4 Å². The standard InChI is InChI=1S/C23H42N.BrH/c1-4-5-6-7-8-9-10-11-12-13-14-15-16-17-21-24-22(2)19-18-20-23(24)3;/h18-20H,4-17,21H2,1-3H3;1H/q+1;/p-1. The van der Waals surface area contributed by atoms with Crippen molar-refractivity contribution in [3.63, 3.8) is 0 Å². The maximum Gasteiger partial charge on any atom is 0.178 e. The first-order chi connectivity index (χ1) is 11.8. The molecule has 0 unspecified atom stereocenters. The average Bonchev–Trinajstić information content (AvgIpc) is 2.57. The van der Waals surface area contributed by atoms with Crippen LogP contribution in [0.3, 0.4) is 0 Å². The fraction of sp³-hybridized carbons (Fsp3) is 0.783. The highest BCUT2D eigenvalue weighted by Crippen LogP contribution is 2.13. The van der Waals surface area contributed by atoms with Crippen LogP contribution in [0.5, 0.6) is 0 Å². The Hall–Kier alpha value is -0.370. The van der Waals surface area contributed by atoms with Crippen LogP contribution < -0.4 is 21.5 Å². The zero-order valence-corrected chi connectivity index (χ0v) is 18.7. The molecule has 0 atom stereocenters. The van der Waals surface area contributed by atoms with E-state index in [1.165, 1.54) is 108 Å². The molecule has 0 amide bonds. The van der Waals surface area contributed by atoms with Crippen LogP contribution in [0.4, 0.5) is 0 Å². The molecular formula is C23H42BrN. The van der Waals surface area contributed by atoms with Gasteiger partial charge in [0.15, 0.2) is 11.4 Å². The summed E-state index contributed by atoms with van der Waals surface area (Å²) in [5.74, 6) is 0. The van der Waals surface area contributed by atoms with Gasteiger partial charge in [0.25, 0.3) is 0 Å². The first kappa shape index (κ1) is 24.6. The molecule has 0 aliphatic heterocycles. The smallest absolute Gasteiger partial charge is 0.178 e. The summed E-state index contributed by atoms with van der Waals surface area (Å²) in [5, 5.41) is 0. The number of rotatable bonds is 15. The lowest BCUT2D eigenvalue weighted by atomic mass is 10.0. The summed E-state index contributed by atoms with van der Waals surface area (Å²) in [6, 6.07) is 6.60. The van der Waals surface area contributed by atoms with E-state index in [2.05, 4.69) is 43.5 Å². The molecule has 25 heavy (non-hydrogen) atoms. The summed E-state index contributed by atoms with van der Waals surface area (Å²) in [6.45, 7) is 7.92. The first-order valence-electron chi connectivity index (χ1n) is 10.7. The van der Waals surface area contributed by atoms with Gasteiger partial charge in [0.2, 0.25) is 0 Å². The molecule has 0 aliphatic rings. The summed E-state index contributed by atoms with van der Waals surface area (Å²) >= 11 is 0. The van der Waals surface area contributed by atoms with Crippen LogP contribution in [0.25, 0.3) is 0 Å². The molecule has 0 saturated carbocycles. The maximum atomic E-state index is 2.46. The summed E-state index contributed by atoms with van der Waals surface area (Å²) in [5.41, 5.74) is 2.79. The minimum atomic E-state index is 0. The molecule has 0 fully saturated rings. The number of halogens is 1. The summed E-state index contributed by atoms with van der Waals surface area (Å²) in [7, 11) is 0. The minimum Gasteiger partial charge on any atom is -1.00 e. The third kappa shape index (κ3) is 12.6. The number of unbranched alkanes of at least 4 members (excludes halogenated alkanes) is 13. The molecule has 0 radical (unpaired) electrons. The van der Waals surface area contributed by atoms with Crippen molar-refractivity contribution < 1.29 is 21.5 Å². The van der Waals surface area contributed by atoms with Crippen molar-refractivity contribution in [3.8, 4) is 0 Å². The van der Waals surface area contributed by atoms with E-state index in [0.29, 0.717) is 0 Å². The van der Waals surface area contributed by atoms with Crippen LogP contribution in [0.1, 0.15) is 108 Å². The number of aromatic nitrogens is 1. The second-order valence-electron chi connectivity index (χ2n) is 7.56. The van der Waals surface area contributed by atoms with Crippen LogP contribution in [0.2, 0.25) is 0 Å². The Kier molecular flexibility index (Phi) is 16.8. The molecule has 1 aromatic rings. The molecule has 0 spiro atoms. The highest BCUT2D eigenvalue weighted by molar-refractivity contribution is 5.00. The number of nitrogens with zero attached hydrogens (tertiary/aromatic N) is 1. The minimum absolute atomic E-state index is 0. The molecule has 146 valence electrons. The van der Waals surface area contributed by atoms with Crippen molar-refractivity contribution in [3.05, 3.63) is 29.6 Å². The zero-order valence-electron chi connectivity index (χ0n) is 17.2. The van der Waals surface area contributed by atoms with Crippen molar-refractivity contribution in [2.75, 3.05) is 0 Å². The van der Waals surface area contributed by atoms with Crippen molar-refractivity contribution in [1.29, 1.82) is 0 Å². The van der Waals surface area contributed by atoms with Crippen molar-refractivity contribution >= 4 is 0 Å². The Morgan fingerprint density at radius 1 is 0.600 bits per heavy atom. The third-order valence-electron chi connectivity index (χ3n) is 5.26. The molecule has 1 nitrogen and oxygen atoms in total. The molecule has 1 aromatic heterocycles. The van der Waals surface area contributed by atoms with Gasteiger partial charge >= 0.3 is 0 Å². The molecule has 1 heterocycles. The SMILES string of the molecule is CCCCCCCCCCCCCCCC[n+]1c(C)cccc1C.[Br-]. The molecule has 0 N–H and O–H groups in total. The van der Waals surface area contributed by atoms with Gasteiger partial charge in [-0.3, -0.25) is 0 Å². The van der Waals surface area contributed by atoms with Crippen LogP contribution >= 0.6 is 0 Å². The fourth-order valence-electron chi connectivity index (χ4n) is 3.60. The van der Waals surface area contributed by atoms with Gasteiger partial charge in [-0.25, -0.2) is 4.57 Å². The van der Waals surface area contributed by atoms with E-state index in [9.17, 15) is 0 Å². The molecule has 0 bridgehead atoms. The summed E-state index contributed by atoms with van der Waals surface area (Å²) < 4.78 is 2.46. The van der Waals surface area contributed by atoms with Crippen LogP contribution in [0.15, 0.2) is 18.2 Å². The number of pyridine rings is 1. The Balaban J connectivity index is 0.00000576. The summed E-state index contributed by atoms with van der Waals surface area (Å²) in [4.78, 5) is 0. The first-order valence-corrected chi connectivity index (χ1v) is 10.7. The van der Waals surface area contributed by atoms with Crippen molar-refractivity contribution in [1.82, 2.24) is 0 Å². The Morgan fingerprint density at radius 2 is 0.960 bits per heavy atom. The lowest BCUT2D eigenvalue weighted by molar-refractivity contribution is -0.709. The lowest BCUT2D eigenvalue weighted by Crippen LogP contribution is -3.00. The van der Waals surface area contributed by atoms with Crippen LogP contribution in [-0.2, 0) is 6.54 Å². The highest BCUT2D eigenvalue weighted by atomic mass is 79.9. The van der Waals surface area contributed by atoms with Crippen molar-refractivity contribution in [2.45, 2.75) is 117 Å². The number of aryl methyl sites for hydroxylation is 2. The van der Waals surface area contributed by atoms with E-state index in [-0.39, 0.29) is 17.0 Å². The predicted molar refractivity (Wildman–Crippen MR) is 106 cm³/mol. The quantitative estimate of drug-likeness (QED) is 0.302. The summed E-state index contributed by atoms with van der Waals surface area (Å²) in [6.07, 6.45) is 20.1. The van der Waals surface area contributed by atoms with Gasteiger partial charge in [-0.2, -0.15) is 0 Å². The Labute approximate surface area is 168 Å². The number of hydrogen-bond donors (Lipinski definition) is 0. The Morgan fingerprint density at radius 3 is 1.36 bits per heavy atom. The van der Waals surface area contributed by atoms with E-state index < -0.39 is 0 Å². The predicted octanol–water partition coefficient (Wildman–Crippen LogP) is 4.08. The number of hydrogen-bond acceptors (Lipinski definition) is 0. The topological polar surface area (TPSA) is 3.88 Å². The van der Waals surface area contributed by atoms with Crippen LogP contribution in [0, 0.1) is 13.8 Å². The van der Waals surface area contributed by atoms with Gasteiger partial charge in [-0.1, -0.05) is 84.0 Å². The molecule has 1 rings (SSSR count). The van der Waals surface area contributed by atoms with E-state index in [4.69, 9.17) is 0 Å². The van der Waals surface area contributed by atoms with Crippen molar-refractivity contribution in [2.24, 2.45) is 0 Å². The second kappa shape index (κ2) is 17.1. The molecule has 0 aliphatic carbocycles. The van der Waals surface area contributed by atoms with E-state index >= 15 is 0 Å². The second-order valence-corrected chi connectivity index (χ2v) is 7.56. The molecular weight excluding hydrogens is 370 g/mol. The highest BCUT2D eigenvalue weighted by Gasteiger charge is 2.08. The molecule has 0 saturated heterocycles. The zero-order chi connectivity index (χ0) is 17.5. The molecule has 2 heteroatoms. The normalized spacial score (nSPS) is 10.7. The average molecular weight is 412 g/mol. The van der Waals surface area contributed by atoms with Gasteiger partial charge in [-0.15, -0.1) is 0 Å². The largest absolute Gasteiger partial charge is 1.00 e. The van der Waals surface area contributed by atoms with E-state index in [1.54, 1.807) is 0 Å². The lowest BCUT2D eigenvalue weighted by Gasteiger charge is -2.04. The van der Waals surface area contributed by atoms with Gasteiger partial charge in [0.1, 0.15) is 6.54 Å². The Bertz CT molecular complexity index is 396. The van der Waals surface area contributed by atoms with E-state index in [0.717, 1.165) is 0 Å². The van der Waals surface area contributed by atoms with E-state index in [1.807, 2.05) is 0 Å². The van der Waals surface area contributed by atoms with Crippen LogP contribution in [-0.4, -0.2) is 0 Å². The van der Waals surface area contributed by atoms with Gasteiger partial charge < -0.3 is 17.0 Å². The fourth-order valence-corrected chi connectivity index (χ4v) is 3.60. The van der Waals surface area contributed by atoms with Gasteiger partial charge in [0.05, 0.1) is 0 Å². The monoisotopic (exact) mass is 411 g/mol. The molecule has 0 aromatic carbocycles. The maximum absolute atomic E-state index is 2.46. The van der Waals surface area contributed by atoms with Gasteiger partial charge in [-0.05, 0) is 12.5 Å².